The van der Waals surface area contributed by atoms with Gasteiger partial charge in [-0.05, 0) is 56.5 Å². The number of ether oxygens (including phenoxy) is 1. The molecule has 2 amide bonds. The quantitative estimate of drug-likeness (QED) is 0.277. The Balaban J connectivity index is 1.93. The van der Waals surface area contributed by atoms with Crippen LogP contribution in [-0.2, 0) is 32.6 Å². The standard InChI is InChI=1S/C32H40ClN3O5S/c1-32(2,3)34-31(38)28(22-24-14-7-6-8-15-24)35(23-25-16-9-10-17-26(25)33)30(37)20-13-21-36(42(5,39)40)27-18-11-12-19-29(27)41-4/h6-12,14-19,28H,13,20-23H2,1-5H3,(H,34,38)/t28-/m0/s1. The SMILES string of the molecule is COc1ccccc1N(CCCC(=O)N(Cc1ccccc1Cl)[C@@H](Cc1ccccc1)C(=O)NC(C)(C)C)S(C)(=O)=O. The smallest absolute Gasteiger partial charge is 0.243 e. The van der Waals surface area contributed by atoms with Gasteiger partial charge in [-0.3, -0.25) is 13.9 Å². The van der Waals surface area contributed by atoms with Crippen LogP contribution in [-0.4, -0.2) is 56.6 Å². The summed E-state index contributed by atoms with van der Waals surface area (Å²) >= 11 is 6.49. The number of hydrogen-bond acceptors (Lipinski definition) is 5. The number of benzene rings is 3. The highest BCUT2D eigenvalue weighted by Crippen LogP contribution is 2.30. The summed E-state index contributed by atoms with van der Waals surface area (Å²) in [4.78, 5) is 29.2. The normalized spacial score (nSPS) is 12.3. The van der Waals surface area contributed by atoms with Crippen LogP contribution in [0.3, 0.4) is 0 Å². The summed E-state index contributed by atoms with van der Waals surface area (Å²) in [6.45, 7) is 5.85. The van der Waals surface area contributed by atoms with Gasteiger partial charge in [-0.15, -0.1) is 0 Å². The summed E-state index contributed by atoms with van der Waals surface area (Å²) < 4.78 is 32.1. The van der Waals surface area contributed by atoms with E-state index in [0.717, 1.165) is 11.8 Å². The molecule has 1 N–H and O–H groups in total. The molecule has 0 radical (unpaired) electrons. The van der Waals surface area contributed by atoms with Crippen molar-refractivity contribution in [3.63, 3.8) is 0 Å². The topological polar surface area (TPSA) is 96.0 Å². The summed E-state index contributed by atoms with van der Waals surface area (Å²) in [6.07, 6.45) is 1.66. The van der Waals surface area contributed by atoms with Crippen LogP contribution in [0.4, 0.5) is 5.69 Å². The number of amides is 2. The molecule has 3 aromatic rings. The number of para-hydroxylation sites is 2. The van der Waals surface area contributed by atoms with Gasteiger partial charge < -0.3 is 15.0 Å². The molecule has 0 bridgehead atoms. The van der Waals surface area contributed by atoms with Crippen molar-refractivity contribution < 1.29 is 22.7 Å². The Morgan fingerprint density at radius 2 is 1.57 bits per heavy atom. The van der Waals surface area contributed by atoms with Gasteiger partial charge in [0.05, 0.1) is 19.1 Å². The number of nitrogens with zero attached hydrogens (tertiary/aromatic N) is 2. The van der Waals surface area contributed by atoms with E-state index in [-0.39, 0.29) is 37.7 Å². The molecule has 10 heteroatoms. The van der Waals surface area contributed by atoms with Gasteiger partial charge in [0.2, 0.25) is 21.8 Å². The van der Waals surface area contributed by atoms with Gasteiger partial charge in [-0.2, -0.15) is 0 Å². The monoisotopic (exact) mass is 613 g/mol. The molecule has 3 aromatic carbocycles. The van der Waals surface area contributed by atoms with Crippen molar-refractivity contribution in [1.82, 2.24) is 10.2 Å². The first kappa shape index (κ1) is 32.9. The van der Waals surface area contributed by atoms with E-state index in [9.17, 15) is 18.0 Å². The van der Waals surface area contributed by atoms with E-state index in [2.05, 4.69) is 5.32 Å². The average Bonchev–Trinajstić information content (AvgIpc) is 2.92. The van der Waals surface area contributed by atoms with Gasteiger partial charge in [0, 0.05) is 36.5 Å². The van der Waals surface area contributed by atoms with Crippen molar-refractivity contribution in [3.05, 3.63) is 95.0 Å². The van der Waals surface area contributed by atoms with E-state index >= 15 is 0 Å². The van der Waals surface area contributed by atoms with Crippen LogP contribution in [0.2, 0.25) is 5.02 Å². The Kier molecular flexibility index (Phi) is 11.4. The number of methoxy groups -OCH3 is 1. The number of halogens is 1. The number of sulfonamides is 1. The third-order valence-corrected chi connectivity index (χ3v) is 8.12. The molecule has 0 aliphatic heterocycles. The third-order valence-electron chi connectivity index (χ3n) is 6.57. The predicted octanol–water partition coefficient (Wildman–Crippen LogP) is 5.45. The maximum Gasteiger partial charge on any atom is 0.243 e. The van der Waals surface area contributed by atoms with E-state index in [1.807, 2.05) is 69.3 Å². The van der Waals surface area contributed by atoms with Gasteiger partial charge >= 0.3 is 0 Å². The van der Waals surface area contributed by atoms with Gasteiger partial charge in [0.1, 0.15) is 11.8 Å². The van der Waals surface area contributed by atoms with Crippen molar-refractivity contribution >= 4 is 39.1 Å². The van der Waals surface area contributed by atoms with Gasteiger partial charge in [0.15, 0.2) is 0 Å². The minimum absolute atomic E-state index is 0.0136. The second-order valence-electron chi connectivity index (χ2n) is 11.2. The largest absolute Gasteiger partial charge is 0.495 e. The lowest BCUT2D eigenvalue weighted by molar-refractivity contribution is -0.142. The van der Waals surface area contributed by atoms with Gasteiger partial charge in [0.25, 0.3) is 0 Å². The van der Waals surface area contributed by atoms with E-state index in [4.69, 9.17) is 16.3 Å². The Hall–Kier alpha value is -3.56. The molecule has 0 unspecified atom stereocenters. The van der Waals surface area contributed by atoms with Gasteiger partial charge in [-0.1, -0.05) is 72.3 Å². The summed E-state index contributed by atoms with van der Waals surface area (Å²) in [5.74, 6) is -0.150. The zero-order valence-corrected chi connectivity index (χ0v) is 26.4. The fraction of sp³-hybridized carbons (Fsp3) is 0.375. The highest BCUT2D eigenvalue weighted by molar-refractivity contribution is 7.92. The highest BCUT2D eigenvalue weighted by Gasteiger charge is 2.32. The van der Waals surface area contributed by atoms with Crippen molar-refractivity contribution in [1.29, 1.82) is 0 Å². The number of hydrogen-bond donors (Lipinski definition) is 1. The van der Waals surface area contributed by atoms with E-state index in [1.165, 1.54) is 11.4 Å². The maximum atomic E-state index is 14.0. The first-order valence-electron chi connectivity index (χ1n) is 13.8. The molecule has 1 atom stereocenters. The third kappa shape index (κ3) is 9.49. The first-order valence-corrected chi connectivity index (χ1v) is 16.0. The Bertz CT molecular complexity index is 1460. The molecule has 0 aliphatic rings. The van der Waals surface area contributed by atoms with Gasteiger partial charge in [-0.25, -0.2) is 8.42 Å². The predicted molar refractivity (Wildman–Crippen MR) is 168 cm³/mol. The summed E-state index contributed by atoms with van der Waals surface area (Å²) in [5, 5.41) is 3.53. The fourth-order valence-electron chi connectivity index (χ4n) is 4.64. The fourth-order valence-corrected chi connectivity index (χ4v) is 5.80. The number of anilines is 1. The molecule has 0 saturated carbocycles. The molecule has 42 heavy (non-hydrogen) atoms. The summed E-state index contributed by atoms with van der Waals surface area (Å²) in [5.41, 5.74) is 1.49. The first-order chi connectivity index (χ1) is 19.8. The second-order valence-corrected chi connectivity index (χ2v) is 13.5. The minimum atomic E-state index is -3.67. The zero-order chi connectivity index (χ0) is 30.9. The zero-order valence-electron chi connectivity index (χ0n) is 24.8. The molecule has 3 rings (SSSR count). The van der Waals surface area contributed by atoms with Crippen LogP contribution in [0.5, 0.6) is 5.75 Å². The van der Waals surface area contributed by atoms with E-state index in [1.54, 1.807) is 35.2 Å². The van der Waals surface area contributed by atoms with Crippen LogP contribution < -0.4 is 14.4 Å². The van der Waals surface area contributed by atoms with Crippen LogP contribution in [0, 0.1) is 0 Å². The van der Waals surface area contributed by atoms with Crippen molar-refractivity contribution in [2.75, 3.05) is 24.2 Å². The molecule has 0 saturated heterocycles. The molecule has 0 fully saturated rings. The molecular weight excluding hydrogens is 574 g/mol. The molecule has 8 nitrogen and oxygen atoms in total. The lowest BCUT2D eigenvalue weighted by atomic mass is 10.00. The van der Waals surface area contributed by atoms with Crippen LogP contribution >= 0.6 is 11.6 Å². The number of nitrogens with one attached hydrogen (secondary N) is 1. The van der Waals surface area contributed by atoms with Crippen LogP contribution in [0.15, 0.2) is 78.9 Å². The molecule has 226 valence electrons. The molecular formula is C32H40ClN3O5S. The summed E-state index contributed by atoms with van der Waals surface area (Å²) in [6, 6.07) is 22.8. The summed E-state index contributed by atoms with van der Waals surface area (Å²) in [7, 11) is -2.19. The lowest BCUT2D eigenvalue weighted by Gasteiger charge is -2.34. The van der Waals surface area contributed by atoms with Crippen molar-refractivity contribution in [3.8, 4) is 5.75 Å². The highest BCUT2D eigenvalue weighted by atomic mass is 35.5. The van der Waals surface area contributed by atoms with Crippen LogP contribution in [0.1, 0.15) is 44.7 Å². The minimum Gasteiger partial charge on any atom is -0.495 e. The maximum absolute atomic E-state index is 14.0. The van der Waals surface area contributed by atoms with Crippen LogP contribution in [0.25, 0.3) is 0 Å². The number of carbonyl (C=O) groups is 2. The number of carbonyl (C=O) groups excluding carboxylic acids is 2. The molecule has 0 aliphatic carbocycles. The second kappa shape index (κ2) is 14.6. The number of rotatable bonds is 13. The Morgan fingerprint density at radius 1 is 0.952 bits per heavy atom. The van der Waals surface area contributed by atoms with Crippen molar-refractivity contribution in [2.24, 2.45) is 0 Å². The lowest BCUT2D eigenvalue weighted by Crippen LogP contribution is -2.54. The molecule has 0 aromatic heterocycles. The molecule has 0 spiro atoms. The van der Waals surface area contributed by atoms with E-state index in [0.29, 0.717) is 28.4 Å². The Labute approximate surface area is 254 Å². The average molecular weight is 614 g/mol. The van der Waals surface area contributed by atoms with Crippen molar-refractivity contribution in [2.45, 2.75) is 58.2 Å². The van der Waals surface area contributed by atoms with E-state index < -0.39 is 21.6 Å². The Morgan fingerprint density at radius 3 is 2.19 bits per heavy atom. The molecule has 0 heterocycles.